The molecule has 1 atom stereocenters. The van der Waals surface area contributed by atoms with Gasteiger partial charge < -0.3 is 5.11 Å². The first-order chi connectivity index (χ1) is 7.93. The van der Waals surface area contributed by atoms with E-state index in [4.69, 9.17) is 5.11 Å². The average Bonchev–Trinajstić information content (AvgIpc) is 2.55. The monoisotopic (exact) mass is 256 g/mol. The highest BCUT2D eigenvalue weighted by Gasteiger charge is 2.17. The number of aromatic nitrogens is 1. The molecule has 0 aliphatic heterocycles. The molecule has 0 bridgehead atoms. The van der Waals surface area contributed by atoms with E-state index in [9.17, 15) is 4.79 Å². The molecule has 0 radical (unpaired) electrons. The Hall–Kier alpha value is -0.940. The Kier molecular flexibility index (Phi) is 5.08. The summed E-state index contributed by atoms with van der Waals surface area (Å²) in [6.45, 7) is 8.85. The number of aliphatic carboxylic acids is 1. The van der Waals surface area contributed by atoms with E-state index in [1.54, 1.807) is 11.3 Å². The van der Waals surface area contributed by atoms with Crippen LogP contribution in [-0.4, -0.2) is 33.5 Å². The van der Waals surface area contributed by atoms with Gasteiger partial charge in [-0.25, -0.2) is 4.98 Å². The van der Waals surface area contributed by atoms with E-state index in [-0.39, 0.29) is 12.6 Å². The predicted octanol–water partition coefficient (Wildman–Crippen LogP) is 2.45. The van der Waals surface area contributed by atoms with E-state index in [1.807, 2.05) is 18.7 Å². The maximum absolute atomic E-state index is 10.8. The largest absolute Gasteiger partial charge is 0.480 e. The Bertz CT molecular complexity index is 370. The van der Waals surface area contributed by atoms with Crippen LogP contribution in [0, 0.1) is 13.8 Å². The summed E-state index contributed by atoms with van der Waals surface area (Å²) < 4.78 is 0. The molecule has 0 aliphatic carbocycles. The lowest BCUT2D eigenvalue weighted by atomic mass is 10.2. The molecular weight excluding hydrogens is 236 g/mol. The Morgan fingerprint density at radius 3 is 2.59 bits per heavy atom. The van der Waals surface area contributed by atoms with Crippen LogP contribution in [0.2, 0.25) is 0 Å². The maximum atomic E-state index is 10.8. The molecule has 96 valence electrons. The van der Waals surface area contributed by atoms with E-state index >= 15 is 0 Å². The second kappa shape index (κ2) is 6.12. The third-order valence-electron chi connectivity index (χ3n) is 2.96. The molecule has 0 aliphatic rings. The van der Waals surface area contributed by atoms with Gasteiger partial charge in [-0.05, 0) is 27.2 Å². The summed E-state index contributed by atoms with van der Waals surface area (Å²) in [5, 5.41) is 9.91. The van der Waals surface area contributed by atoms with E-state index < -0.39 is 5.97 Å². The molecule has 0 amide bonds. The molecule has 5 heteroatoms. The summed E-state index contributed by atoms with van der Waals surface area (Å²) >= 11 is 1.65. The van der Waals surface area contributed by atoms with Gasteiger partial charge in [-0.1, -0.05) is 6.92 Å². The van der Waals surface area contributed by atoms with Crippen LogP contribution < -0.4 is 0 Å². The first-order valence-corrected chi connectivity index (χ1v) is 6.64. The number of thiazole rings is 1. The van der Waals surface area contributed by atoms with Crippen LogP contribution in [-0.2, 0) is 11.3 Å². The van der Waals surface area contributed by atoms with Crippen molar-refractivity contribution in [2.24, 2.45) is 0 Å². The van der Waals surface area contributed by atoms with Gasteiger partial charge in [0.25, 0.3) is 0 Å². The fourth-order valence-electron chi connectivity index (χ4n) is 1.58. The molecule has 1 aromatic rings. The van der Waals surface area contributed by atoms with Gasteiger partial charge >= 0.3 is 5.97 Å². The molecule has 0 saturated carbocycles. The number of hydrogen-bond donors (Lipinski definition) is 1. The third-order valence-corrected chi connectivity index (χ3v) is 4.02. The summed E-state index contributed by atoms with van der Waals surface area (Å²) in [5.41, 5.74) is 1.05. The van der Waals surface area contributed by atoms with E-state index in [1.165, 1.54) is 4.88 Å². The van der Waals surface area contributed by atoms with Crippen LogP contribution in [0.15, 0.2) is 0 Å². The van der Waals surface area contributed by atoms with Crippen LogP contribution in [0.4, 0.5) is 0 Å². The summed E-state index contributed by atoms with van der Waals surface area (Å²) in [6, 6.07) is 0.260. The highest BCUT2D eigenvalue weighted by atomic mass is 32.1. The molecule has 1 rings (SSSR count). The Labute approximate surface area is 106 Å². The normalized spacial score (nSPS) is 13.0. The summed E-state index contributed by atoms with van der Waals surface area (Å²) in [5.74, 6) is -0.782. The molecule has 0 aromatic carbocycles. The predicted molar refractivity (Wildman–Crippen MR) is 69.4 cm³/mol. The first kappa shape index (κ1) is 14.1. The van der Waals surface area contributed by atoms with Crippen molar-refractivity contribution in [1.29, 1.82) is 0 Å². The lowest BCUT2D eigenvalue weighted by Crippen LogP contribution is -2.36. The fraction of sp³-hybridized carbons (Fsp3) is 0.667. The van der Waals surface area contributed by atoms with Gasteiger partial charge in [0.05, 0.1) is 18.8 Å². The summed E-state index contributed by atoms with van der Waals surface area (Å²) in [7, 11) is 0. The van der Waals surface area contributed by atoms with Gasteiger partial charge in [0.1, 0.15) is 5.01 Å². The van der Waals surface area contributed by atoms with Crippen molar-refractivity contribution in [3.05, 3.63) is 15.6 Å². The number of carboxylic acid groups (broad SMARTS) is 1. The summed E-state index contributed by atoms with van der Waals surface area (Å²) in [6.07, 6.45) is 0.941. The highest BCUT2D eigenvalue weighted by molar-refractivity contribution is 7.11. The minimum atomic E-state index is -0.782. The molecule has 1 unspecified atom stereocenters. The molecule has 0 fully saturated rings. The molecular formula is C12H20N2O2S. The molecule has 1 heterocycles. The molecule has 4 nitrogen and oxygen atoms in total. The standard InChI is InChI=1S/C12H20N2O2S/c1-5-8(2)14(7-12(15)16)6-11-13-9(3)10(4)17-11/h8H,5-7H2,1-4H3,(H,15,16). The minimum absolute atomic E-state index is 0.0761. The number of rotatable bonds is 6. The zero-order chi connectivity index (χ0) is 13.0. The van der Waals surface area contributed by atoms with E-state index in [0.717, 1.165) is 17.1 Å². The lowest BCUT2D eigenvalue weighted by Gasteiger charge is -2.25. The number of hydrogen-bond acceptors (Lipinski definition) is 4. The highest BCUT2D eigenvalue weighted by Crippen LogP contribution is 2.19. The Morgan fingerprint density at radius 1 is 1.53 bits per heavy atom. The van der Waals surface area contributed by atoms with Crippen molar-refractivity contribution < 1.29 is 9.90 Å². The topological polar surface area (TPSA) is 53.4 Å². The second-order valence-electron chi connectivity index (χ2n) is 4.31. The molecule has 1 N–H and O–H groups in total. The number of aryl methyl sites for hydroxylation is 2. The Balaban J connectivity index is 2.74. The van der Waals surface area contributed by atoms with Crippen molar-refractivity contribution in [1.82, 2.24) is 9.88 Å². The number of carbonyl (C=O) groups is 1. The minimum Gasteiger partial charge on any atom is -0.480 e. The van der Waals surface area contributed by atoms with Crippen molar-refractivity contribution in [3.63, 3.8) is 0 Å². The van der Waals surface area contributed by atoms with Crippen molar-refractivity contribution in [3.8, 4) is 0 Å². The van der Waals surface area contributed by atoms with Crippen LogP contribution in [0.1, 0.15) is 35.8 Å². The van der Waals surface area contributed by atoms with Gasteiger partial charge in [-0.2, -0.15) is 0 Å². The molecule has 0 saturated heterocycles. The smallest absolute Gasteiger partial charge is 0.317 e. The molecule has 1 aromatic heterocycles. The van der Waals surface area contributed by atoms with E-state index in [2.05, 4.69) is 18.8 Å². The quantitative estimate of drug-likeness (QED) is 0.849. The zero-order valence-electron chi connectivity index (χ0n) is 10.9. The van der Waals surface area contributed by atoms with Crippen LogP contribution in [0.3, 0.4) is 0 Å². The number of nitrogens with zero attached hydrogens (tertiary/aromatic N) is 2. The van der Waals surface area contributed by atoms with Gasteiger partial charge in [0.15, 0.2) is 0 Å². The van der Waals surface area contributed by atoms with Gasteiger partial charge in [-0.3, -0.25) is 9.69 Å². The SMILES string of the molecule is CCC(C)N(CC(=O)O)Cc1nc(C)c(C)s1. The lowest BCUT2D eigenvalue weighted by molar-refractivity contribution is -0.139. The van der Waals surface area contributed by atoms with Gasteiger partial charge in [0, 0.05) is 10.9 Å². The van der Waals surface area contributed by atoms with Gasteiger partial charge in [-0.15, -0.1) is 11.3 Å². The Morgan fingerprint density at radius 2 is 2.18 bits per heavy atom. The van der Waals surface area contributed by atoms with Crippen LogP contribution in [0.25, 0.3) is 0 Å². The van der Waals surface area contributed by atoms with Crippen LogP contribution in [0.5, 0.6) is 0 Å². The maximum Gasteiger partial charge on any atom is 0.317 e. The van der Waals surface area contributed by atoms with Crippen molar-refractivity contribution >= 4 is 17.3 Å². The zero-order valence-corrected chi connectivity index (χ0v) is 11.7. The first-order valence-electron chi connectivity index (χ1n) is 5.82. The second-order valence-corrected chi connectivity index (χ2v) is 5.59. The summed E-state index contributed by atoms with van der Waals surface area (Å²) in [4.78, 5) is 18.5. The molecule has 0 spiro atoms. The van der Waals surface area contributed by atoms with Crippen LogP contribution >= 0.6 is 11.3 Å². The van der Waals surface area contributed by atoms with Crippen molar-refractivity contribution in [2.45, 2.75) is 46.7 Å². The van der Waals surface area contributed by atoms with Gasteiger partial charge in [0.2, 0.25) is 0 Å². The molecule has 17 heavy (non-hydrogen) atoms. The third kappa shape index (κ3) is 4.09. The average molecular weight is 256 g/mol. The van der Waals surface area contributed by atoms with E-state index in [0.29, 0.717) is 6.54 Å². The fourth-order valence-corrected chi connectivity index (χ4v) is 2.54. The number of carboxylic acids is 1. The van der Waals surface area contributed by atoms with Crippen molar-refractivity contribution in [2.75, 3.05) is 6.54 Å².